The van der Waals surface area contributed by atoms with Crippen LogP contribution in [0.2, 0.25) is 0 Å². The third-order valence-electron chi connectivity index (χ3n) is 9.08. The molecule has 6 unspecified atom stereocenters. The fourth-order valence-electron chi connectivity index (χ4n) is 6.00. The predicted molar refractivity (Wildman–Crippen MR) is 202 cm³/mol. The molecule has 13 heteroatoms. The van der Waals surface area contributed by atoms with Gasteiger partial charge in [-0.25, -0.2) is 4.18 Å². The van der Waals surface area contributed by atoms with E-state index in [1.54, 1.807) is 0 Å². The number of hydrogen-bond acceptors (Lipinski definition) is 11. The highest BCUT2D eigenvalue weighted by atomic mass is 32.3. The van der Waals surface area contributed by atoms with Crippen LogP contribution in [0.15, 0.2) is 24.3 Å². The molecular weight excluding hydrogens is 692 g/mol. The number of esters is 1. The monoisotopic (exact) mass is 764 g/mol. The fraction of sp³-hybridized carbons (Fsp3) is 0.872. The first kappa shape index (κ1) is 48.6. The van der Waals surface area contributed by atoms with Crippen LogP contribution in [-0.4, -0.2) is 97.5 Å². The molecule has 0 aromatic rings. The Morgan fingerprint density at radius 3 is 1.85 bits per heavy atom. The summed E-state index contributed by atoms with van der Waals surface area (Å²) in [6.07, 6.45) is 23.8. The maximum atomic E-state index is 12.7. The van der Waals surface area contributed by atoms with Crippen molar-refractivity contribution in [2.75, 3.05) is 26.4 Å². The van der Waals surface area contributed by atoms with E-state index in [9.17, 15) is 28.5 Å². The zero-order valence-electron chi connectivity index (χ0n) is 32.1. The Labute approximate surface area is 314 Å². The number of allylic oxidation sites excluding steroid dienone is 4. The summed E-state index contributed by atoms with van der Waals surface area (Å²) in [6.45, 7) is 3.91. The van der Waals surface area contributed by atoms with E-state index < -0.39 is 59.8 Å². The van der Waals surface area contributed by atoms with E-state index in [0.717, 1.165) is 51.4 Å². The largest absolute Gasteiger partial charge is 0.457 e. The lowest BCUT2D eigenvalue weighted by Crippen LogP contribution is -2.60. The third-order valence-corrected chi connectivity index (χ3v) is 9.54. The number of carbonyl (C=O) groups is 1. The van der Waals surface area contributed by atoms with Gasteiger partial charge in [0, 0.05) is 13.0 Å². The summed E-state index contributed by atoms with van der Waals surface area (Å²) in [5, 5.41) is 30.5. The molecule has 6 atom stereocenters. The molecule has 1 aliphatic heterocycles. The number of rotatable bonds is 34. The van der Waals surface area contributed by atoms with Crippen molar-refractivity contribution in [3.05, 3.63) is 24.3 Å². The van der Waals surface area contributed by atoms with Gasteiger partial charge in [-0.3, -0.25) is 9.35 Å². The maximum absolute atomic E-state index is 12.7. The second kappa shape index (κ2) is 31.9. The van der Waals surface area contributed by atoms with Crippen LogP contribution in [0.1, 0.15) is 155 Å². The van der Waals surface area contributed by atoms with Gasteiger partial charge in [-0.15, -0.1) is 0 Å². The Bertz CT molecular complexity index is 1020. The summed E-state index contributed by atoms with van der Waals surface area (Å²) in [7, 11) is -5.05. The highest BCUT2D eigenvalue weighted by Crippen LogP contribution is 2.26. The van der Waals surface area contributed by atoms with Gasteiger partial charge in [0.2, 0.25) is 0 Å². The van der Waals surface area contributed by atoms with E-state index in [-0.39, 0.29) is 19.6 Å². The topological polar surface area (TPSA) is 178 Å². The number of carbonyl (C=O) groups excluding carboxylic acids is 1. The first-order valence-corrected chi connectivity index (χ1v) is 21.5. The number of unbranched alkanes of at least 4 members (excludes halogenated alkanes) is 17. The molecule has 0 aromatic heterocycles. The summed E-state index contributed by atoms with van der Waals surface area (Å²) >= 11 is 0. The highest BCUT2D eigenvalue weighted by Gasteiger charge is 2.48. The standard InChI is InChI=1S/C39H72O12S/c1-3-5-7-9-11-12-13-14-15-16-17-18-19-20-21-22-24-26-28-35(41)49-33(31-47-29-27-25-23-10-8-6-4-2)32-48-39-37(43)38(51-52(44,45)46)36(42)34(30-40)50-39/h12-13,15-16,33-34,36-40,42-43H,3-11,14,17-32H2,1-2H3,(H,44,45,46)/b13-12-,16-15-. The minimum Gasteiger partial charge on any atom is -0.457 e. The number of aliphatic hydroxyl groups excluding tert-OH is 3. The van der Waals surface area contributed by atoms with Gasteiger partial charge < -0.3 is 34.3 Å². The SMILES string of the molecule is CCCCCC/C=C\C/C=C\CCCCCCCCCC(=O)OC(COCCCCCCCCC)COC1OC(CO)C(O)C(OS(=O)(=O)O)C1O. The molecule has 0 spiro atoms. The van der Waals surface area contributed by atoms with E-state index in [2.05, 4.69) is 42.3 Å². The molecule has 52 heavy (non-hydrogen) atoms. The van der Waals surface area contributed by atoms with Crippen molar-refractivity contribution in [2.24, 2.45) is 0 Å². The van der Waals surface area contributed by atoms with E-state index in [1.807, 2.05) is 0 Å². The van der Waals surface area contributed by atoms with Gasteiger partial charge in [0.1, 0.15) is 30.5 Å². The van der Waals surface area contributed by atoms with Crippen LogP contribution in [-0.2, 0) is 38.3 Å². The molecule has 0 saturated carbocycles. The van der Waals surface area contributed by atoms with Crippen molar-refractivity contribution in [3.8, 4) is 0 Å². The molecule has 0 aliphatic carbocycles. The Balaban J connectivity index is 2.42. The average molecular weight is 765 g/mol. The molecule has 0 bridgehead atoms. The quantitative estimate of drug-likeness (QED) is 0.0223. The normalized spacial score (nSPS) is 21.7. The number of ether oxygens (including phenoxy) is 4. The summed E-state index contributed by atoms with van der Waals surface area (Å²) in [6, 6.07) is 0. The van der Waals surface area contributed by atoms with Crippen LogP contribution in [0.4, 0.5) is 0 Å². The van der Waals surface area contributed by atoms with Crippen LogP contribution in [0, 0.1) is 0 Å². The zero-order chi connectivity index (χ0) is 38.3. The number of hydrogen-bond donors (Lipinski definition) is 4. The Hall–Kier alpha value is -1.42. The lowest BCUT2D eigenvalue weighted by Gasteiger charge is -2.41. The summed E-state index contributed by atoms with van der Waals surface area (Å²) in [5.74, 6) is -0.410. The average Bonchev–Trinajstić information content (AvgIpc) is 3.11. The molecule has 306 valence electrons. The molecule has 1 aliphatic rings. The van der Waals surface area contributed by atoms with E-state index in [1.165, 1.54) is 77.0 Å². The van der Waals surface area contributed by atoms with Crippen molar-refractivity contribution >= 4 is 16.4 Å². The molecule has 4 N–H and O–H groups in total. The minimum atomic E-state index is -5.05. The Morgan fingerprint density at radius 1 is 0.731 bits per heavy atom. The van der Waals surface area contributed by atoms with Gasteiger partial charge in [-0.2, -0.15) is 8.42 Å². The van der Waals surface area contributed by atoms with Crippen LogP contribution >= 0.6 is 0 Å². The molecular formula is C39H72O12S. The van der Waals surface area contributed by atoms with Crippen molar-refractivity contribution in [1.82, 2.24) is 0 Å². The first-order valence-electron chi connectivity index (χ1n) is 20.1. The smallest absolute Gasteiger partial charge is 0.397 e. The van der Waals surface area contributed by atoms with Gasteiger partial charge in [0.15, 0.2) is 6.29 Å². The van der Waals surface area contributed by atoms with Crippen molar-refractivity contribution in [2.45, 2.75) is 192 Å². The molecule has 1 heterocycles. The van der Waals surface area contributed by atoms with Crippen LogP contribution in [0.5, 0.6) is 0 Å². The van der Waals surface area contributed by atoms with Gasteiger partial charge in [-0.05, 0) is 44.9 Å². The second-order valence-electron chi connectivity index (χ2n) is 13.9. The lowest BCUT2D eigenvalue weighted by molar-refractivity contribution is -0.301. The number of aliphatic hydroxyl groups is 3. The van der Waals surface area contributed by atoms with E-state index in [0.29, 0.717) is 13.0 Å². The summed E-state index contributed by atoms with van der Waals surface area (Å²) in [5.41, 5.74) is 0. The molecule has 0 aromatic carbocycles. The minimum absolute atomic E-state index is 0.0341. The Morgan fingerprint density at radius 2 is 1.27 bits per heavy atom. The highest BCUT2D eigenvalue weighted by molar-refractivity contribution is 7.80. The van der Waals surface area contributed by atoms with Crippen LogP contribution in [0.3, 0.4) is 0 Å². The predicted octanol–water partition coefficient (Wildman–Crippen LogP) is 7.29. The molecule has 1 fully saturated rings. The summed E-state index contributed by atoms with van der Waals surface area (Å²) < 4.78 is 58.6. The Kier molecular flexibility index (Phi) is 29.8. The van der Waals surface area contributed by atoms with E-state index >= 15 is 0 Å². The molecule has 0 amide bonds. The first-order chi connectivity index (χ1) is 25.1. The van der Waals surface area contributed by atoms with Crippen molar-refractivity contribution in [3.63, 3.8) is 0 Å². The summed E-state index contributed by atoms with van der Waals surface area (Å²) in [4.78, 5) is 12.7. The fourth-order valence-corrected chi connectivity index (χ4v) is 6.50. The molecule has 1 saturated heterocycles. The van der Waals surface area contributed by atoms with Crippen LogP contribution < -0.4 is 0 Å². The third kappa shape index (κ3) is 25.6. The second-order valence-corrected chi connectivity index (χ2v) is 14.9. The molecule has 0 radical (unpaired) electrons. The zero-order valence-corrected chi connectivity index (χ0v) is 32.9. The molecule has 1 rings (SSSR count). The van der Waals surface area contributed by atoms with Gasteiger partial charge in [-0.1, -0.05) is 128 Å². The van der Waals surface area contributed by atoms with Gasteiger partial charge in [0.25, 0.3) is 0 Å². The van der Waals surface area contributed by atoms with Crippen LogP contribution in [0.25, 0.3) is 0 Å². The van der Waals surface area contributed by atoms with Crippen molar-refractivity contribution < 1.29 is 56.2 Å². The van der Waals surface area contributed by atoms with Crippen molar-refractivity contribution in [1.29, 1.82) is 0 Å². The molecule has 12 nitrogen and oxygen atoms in total. The van der Waals surface area contributed by atoms with Gasteiger partial charge in [0.05, 0.1) is 19.8 Å². The lowest BCUT2D eigenvalue weighted by atomic mass is 9.99. The van der Waals surface area contributed by atoms with E-state index in [4.69, 9.17) is 23.5 Å². The maximum Gasteiger partial charge on any atom is 0.397 e. The van der Waals surface area contributed by atoms with Gasteiger partial charge >= 0.3 is 16.4 Å².